The molecule has 0 saturated carbocycles. The van der Waals surface area contributed by atoms with E-state index in [0.29, 0.717) is 110 Å². The summed E-state index contributed by atoms with van der Waals surface area (Å²) in [5.41, 5.74) is 9.50. The van der Waals surface area contributed by atoms with Crippen LogP contribution in [0, 0.1) is 18.3 Å². The van der Waals surface area contributed by atoms with Gasteiger partial charge in [0.15, 0.2) is 6.04 Å². The molecule has 2 aliphatic rings. The van der Waals surface area contributed by atoms with Gasteiger partial charge in [0, 0.05) is 71.3 Å². The van der Waals surface area contributed by atoms with E-state index in [0.717, 1.165) is 69.4 Å². The fraction of sp³-hybridized carbons (Fsp3) is 0.738. The van der Waals surface area contributed by atoms with Gasteiger partial charge in [-0.05, 0) is 51.4 Å². The minimum Gasteiger partial charge on any atom is -1.00 e. The molecule has 362 valence electrons. The molecule has 2 amide bonds. The van der Waals surface area contributed by atoms with Crippen molar-refractivity contribution in [2.45, 2.75) is 83.9 Å². The van der Waals surface area contributed by atoms with Gasteiger partial charge < -0.3 is 68.1 Å². The number of aryl methyl sites for hydroxylation is 2. The summed E-state index contributed by atoms with van der Waals surface area (Å²) in [5.74, 6) is 3.66. The molecule has 5 rings (SSSR count). The van der Waals surface area contributed by atoms with Crippen molar-refractivity contribution in [1.29, 1.82) is 0 Å². The number of anilines is 3. The van der Waals surface area contributed by atoms with Crippen LogP contribution in [0.4, 0.5) is 17.8 Å². The molecule has 2 saturated heterocycles. The molecule has 2 fully saturated rings. The Bertz CT molecular complexity index is 1880. The number of amides is 2. The highest BCUT2D eigenvalue weighted by Crippen LogP contribution is 2.26. The second-order valence-electron chi connectivity index (χ2n) is 16.3. The summed E-state index contributed by atoms with van der Waals surface area (Å²) in [6.07, 6.45) is 14.2. The minimum atomic E-state index is -0.972. The lowest BCUT2D eigenvalue weighted by molar-refractivity contribution is -0.368. The first kappa shape index (κ1) is 52.9. The van der Waals surface area contributed by atoms with Crippen LogP contribution in [0.15, 0.2) is 12.4 Å². The standard InChI is InChI=1S/C42H70N16O6.ClH/c1-5-24-62-26-28-64-29-27-63-25-15-45-40-46-41(55-20-16-53(17-21-55)38(60)36(32(3)6-2)57-30-34(49-51-57)11-7-9-13-43)48-42(47-40)56-22-18-54(19-23-56)39(61)37(33(4)59)58-31-35(50-52-58)12-8-10-14-44;/h1,30-33,36-37,59H,6-29,43-44H2,2-4H3,(H,45,46,47,48);1H/p+1/t32-,33+,36-,37-;/m0./s1. The number of aliphatic hydroxyl groups excluding tert-OH is 1. The van der Waals surface area contributed by atoms with Crippen LogP contribution in [-0.4, -0.2) is 189 Å². The van der Waals surface area contributed by atoms with Crippen molar-refractivity contribution in [2.24, 2.45) is 5.92 Å². The van der Waals surface area contributed by atoms with Crippen molar-refractivity contribution in [3.05, 3.63) is 23.8 Å². The van der Waals surface area contributed by atoms with Crippen LogP contribution in [0.1, 0.15) is 76.3 Å². The molecule has 8 N–H and O–H groups in total. The van der Waals surface area contributed by atoms with Gasteiger partial charge in [0.1, 0.15) is 12.6 Å². The van der Waals surface area contributed by atoms with E-state index >= 15 is 0 Å². The Morgan fingerprint density at radius 1 is 0.738 bits per heavy atom. The average Bonchev–Trinajstić information content (AvgIpc) is 3.98. The maximum Gasteiger partial charge on any atom is 0.250 e. The van der Waals surface area contributed by atoms with E-state index in [-0.39, 0.29) is 36.7 Å². The van der Waals surface area contributed by atoms with Crippen LogP contribution < -0.4 is 39.0 Å². The highest BCUT2D eigenvalue weighted by atomic mass is 35.5. The number of carbonyl (C=O) groups excluding carboxylic acids is 2. The lowest BCUT2D eigenvalue weighted by Crippen LogP contribution is -3.00. The summed E-state index contributed by atoms with van der Waals surface area (Å²) in [7, 11) is 0. The highest BCUT2D eigenvalue weighted by Gasteiger charge is 2.35. The summed E-state index contributed by atoms with van der Waals surface area (Å²) in [6.45, 7) is 14.0. The van der Waals surface area contributed by atoms with Gasteiger partial charge in [0.05, 0.1) is 63.6 Å². The van der Waals surface area contributed by atoms with Gasteiger partial charge in [-0.3, -0.25) is 9.59 Å². The topological polar surface area (TPSA) is 262 Å². The molecule has 3 aromatic heterocycles. The van der Waals surface area contributed by atoms with Crippen molar-refractivity contribution in [3.63, 3.8) is 0 Å². The third-order valence-electron chi connectivity index (χ3n) is 11.5. The van der Waals surface area contributed by atoms with Crippen LogP contribution in [0.3, 0.4) is 0 Å². The first-order chi connectivity index (χ1) is 31.2. The quantitative estimate of drug-likeness (QED) is 0.0395. The van der Waals surface area contributed by atoms with E-state index < -0.39 is 18.2 Å². The molecule has 2 aliphatic heterocycles. The van der Waals surface area contributed by atoms with E-state index in [1.807, 2.05) is 16.0 Å². The van der Waals surface area contributed by atoms with Crippen LogP contribution in [-0.2, 0) is 36.6 Å². The first-order valence-electron chi connectivity index (χ1n) is 23.0. The molecule has 5 heterocycles. The van der Waals surface area contributed by atoms with E-state index in [9.17, 15) is 14.7 Å². The zero-order valence-corrected chi connectivity index (χ0v) is 39.4. The number of nitrogens with zero attached hydrogens (tertiary/aromatic N) is 13. The zero-order valence-electron chi connectivity index (χ0n) is 38.6. The number of terminal acetylenes is 1. The molecule has 0 radical (unpaired) electrons. The molecule has 23 heteroatoms. The molecular formula is C42H72ClN16O6+. The number of nitrogens with one attached hydrogen (secondary N) is 1. The number of aliphatic hydroxyl groups is 1. The minimum absolute atomic E-state index is 0. The fourth-order valence-corrected chi connectivity index (χ4v) is 7.62. The van der Waals surface area contributed by atoms with Gasteiger partial charge in [-0.25, -0.2) is 9.36 Å². The third-order valence-corrected chi connectivity index (χ3v) is 11.5. The maximum atomic E-state index is 14.2. The van der Waals surface area contributed by atoms with E-state index in [1.54, 1.807) is 22.7 Å². The summed E-state index contributed by atoms with van der Waals surface area (Å²) < 4.78 is 19.8. The predicted molar refractivity (Wildman–Crippen MR) is 238 cm³/mol. The van der Waals surface area contributed by atoms with Gasteiger partial charge in [-0.2, -0.15) is 15.0 Å². The molecule has 0 aliphatic carbocycles. The SMILES string of the molecule is C#CCOCCOCCOCCNc1nc(N2CCN(C(=O)[C@H]([C@@H](C)O)n3cc(CCCC[NH3+])nn3)CC2)nc(N2CCN(C(=O)[C@H]([C@@H](C)CC)n3cc(CCCC[NH3+])nn3)CC2)n1.[Cl-]. The summed E-state index contributed by atoms with van der Waals surface area (Å²) in [4.78, 5) is 50.4. The lowest BCUT2D eigenvalue weighted by atomic mass is 9.97. The van der Waals surface area contributed by atoms with Crippen molar-refractivity contribution in [3.8, 4) is 12.3 Å². The highest BCUT2D eigenvalue weighted by molar-refractivity contribution is 5.81. The molecule has 22 nitrogen and oxygen atoms in total. The van der Waals surface area contributed by atoms with E-state index in [2.05, 4.69) is 62.1 Å². The fourth-order valence-electron chi connectivity index (χ4n) is 7.62. The smallest absolute Gasteiger partial charge is 0.250 e. The Balaban J connectivity index is 0.00000925. The Kier molecular flexibility index (Phi) is 23.0. The number of piperazine rings is 2. The second-order valence-corrected chi connectivity index (χ2v) is 16.3. The van der Waals surface area contributed by atoms with Crippen LogP contribution in [0.2, 0.25) is 0 Å². The molecule has 3 aromatic rings. The van der Waals surface area contributed by atoms with Gasteiger partial charge in [0.25, 0.3) is 0 Å². The van der Waals surface area contributed by atoms with Gasteiger partial charge >= 0.3 is 0 Å². The van der Waals surface area contributed by atoms with Crippen molar-refractivity contribution < 1.29 is 52.8 Å². The lowest BCUT2D eigenvalue weighted by Gasteiger charge is -2.38. The Morgan fingerprint density at radius 2 is 1.22 bits per heavy atom. The number of hydrogen-bond acceptors (Lipinski definition) is 16. The monoisotopic (exact) mass is 932 g/mol. The Hall–Kier alpha value is -4.76. The number of rotatable bonds is 28. The van der Waals surface area contributed by atoms with Crippen LogP contribution in [0.5, 0.6) is 0 Å². The number of halogens is 1. The number of quaternary nitrogens is 2. The van der Waals surface area contributed by atoms with E-state index in [4.69, 9.17) is 35.6 Å². The number of ether oxygens (including phenoxy) is 3. The molecule has 0 unspecified atom stereocenters. The average molecular weight is 933 g/mol. The predicted octanol–water partition coefficient (Wildman–Crippen LogP) is -4.51. The van der Waals surface area contributed by atoms with Gasteiger partial charge in [0.2, 0.25) is 29.7 Å². The van der Waals surface area contributed by atoms with Crippen LogP contribution in [0.25, 0.3) is 0 Å². The maximum absolute atomic E-state index is 14.2. The second kappa shape index (κ2) is 28.3. The van der Waals surface area contributed by atoms with Crippen LogP contribution >= 0.6 is 0 Å². The van der Waals surface area contributed by atoms with Gasteiger partial charge in [-0.1, -0.05) is 36.6 Å². The number of aromatic nitrogens is 9. The molecular weight excluding hydrogens is 860 g/mol. The molecule has 0 aromatic carbocycles. The van der Waals surface area contributed by atoms with Crippen molar-refractivity contribution in [2.75, 3.05) is 127 Å². The summed E-state index contributed by atoms with van der Waals surface area (Å²) in [6, 6.07) is -1.34. The molecule has 0 bridgehead atoms. The van der Waals surface area contributed by atoms with Crippen molar-refractivity contribution in [1.82, 2.24) is 54.7 Å². The molecule has 65 heavy (non-hydrogen) atoms. The summed E-state index contributed by atoms with van der Waals surface area (Å²) in [5, 5.41) is 31.3. The number of unbranched alkanes of at least 4 members (excludes halogenated alkanes) is 2. The Labute approximate surface area is 388 Å². The largest absolute Gasteiger partial charge is 1.00 e. The molecule has 4 atom stereocenters. The third kappa shape index (κ3) is 16.0. The van der Waals surface area contributed by atoms with Gasteiger partial charge in [-0.15, -0.1) is 16.6 Å². The zero-order chi connectivity index (χ0) is 45.7. The summed E-state index contributed by atoms with van der Waals surface area (Å²) >= 11 is 0. The number of hydrogen-bond donors (Lipinski definition) is 4. The normalized spacial score (nSPS) is 16.1. The van der Waals surface area contributed by atoms with Crippen molar-refractivity contribution >= 4 is 29.7 Å². The number of carbonyl (C=O) groups is 2. The Morgan fingerprint density at radius 3 is 1.69 bits per heavy atom. The van der Waals surface area contributed by atoms with E-state index in [1.165, 1.54) is 4.68 Å². The first-order valence-corrected chi connectivity index (χ1v) is 23.0. The molecule has 0 spiro atoms.